The van der Waals surface area contributed by atoms with Gasteiger partial charge in [0, 0.05) is 23.1 Å². The molecule has 17 heavy (non-hydrogen) atoms. The summed E-state index contributed by atoms with van der Waals surface area (Å²) in [5.41, 5.74) is 11.5. The summed E-state index contributed by atoms with van der Waals surface area (Å²) in [4.78, 5) is 0. The van der Waals surface area contributed by atoms with E-state index in [0.29, 0.717) is 6.54 Å². The number of ether oxygens (including phenoxy) is 1. The van der Waals surface area contributed by atoms with Crippen molar-refractivity contribution in [2.75, 3.05) is 13.7 Å². The van der Waals surface area contributed by atoms with Crippen LogP contribution in [0.1, 0.15) is 24.4 Å². The topological polar surface area (TPSA) is 61.3 Å². The second-order valence-corrected chi connectivity index (χ2v) is 4.55. The molecular weight excluding hydrogens is 226 g/mol. The lowest BCUT2D eigenvalue weighted by molar-refractivity contribution is 0.372. The van der Waals surface area contributed by atoms with Gasteiger partial charge in [-0.15, -0.1) is 0 Å². The largest absolute Gasteiger partial charge is 0.494 e. The Labute approximate surface area is 98.7 Å². The van der Waals surface area contributed by atoms with Crippen molar-refractivity contribution in [1.29, 1.82) is 0 Å². The van der Waals surface area contributed by atoms with Crippen LogP contribution in [0.4, 0.5) is 8.78 Å². The minimum absolute atomic E-state index is 0.115. The molecule has 94 valence electrons. The minimum Gasteiger partial charge on any atom is -0.494 e. The van der Waals surface area contributed by atoms with E-state index in [0.717, 1.165) is 25.0 Å². The molecule has 0 saturated heterocycles. The van der Waals surface area contributed by atoms with Gasteiger partial charge in [-0.3, -0.25) is 0 Å². The molecular formula is C12H16F2N2O. The SMILES string of the molecule is COc1cc(F)c(C(N)C2(CN)CC2)cc1F. The number of hydrogen-bond acceptors (Lipinski definition) is 3. The Morgan fingerprint density at radius 3 is 2.47 bits per heavy atom. The Hall–Kier alpha value is -1.20. The van der Waals surface area contributed by atoms with E-state index in [1.165, 1.54) is 7.11 Å². The van der Waals surface area contributed by atoms with Crippen molar-refractivity contribution in [3.8, 4) is 5.75 Å². The van der Waals surface area contributed by atoms with Gasteiger partial charge in [-0.1, -0.05) is 0 Å². The number of hydrogen-bond donors (Lipinski definition) is 2. The summed E-state index contributed by atoms with van der Waals surface area (Å²) in [5, 5.41) is 0. The van der Waals surface area contributed by atoms with Crippen molar-refractivity contribution in [2.24, 2.45) is 16.9 Å². The van der Waals surface area contributed by atoms with Crippen molar-refractivity contribution < 1.29 is 13.5 Å². The first-order chi connectivity index (χ1) is 8.04. The fourth-order valence-electron chi connectivity index (χ4n) is 2.07. The third kappa shape index (κ3) is 2.00. The van der Waals surface area contributed by atoms with E-state index in [2.05, 4.69) is 0 Å². The zero-order valence-corrected chi connectivity index (χ0v) is 9.67. The van der Waals surface area contributed by atoms with E-state index in [4.69, 9.17) is 16.2 Å². The molecule has 1 atom stereocenters. The molecule has 1 fully saturated rings. The highest BCUT2D eigenvalue weighted by Crippen LogP contribution is 2.53. The van der Waals surface area contributed by atoms with Gasteiger partial charge in [0.2, 0.25) is 0 Å². The number of methoxy groups -OCH3 is 1. The Kier molecular flexibility index (Phi) is 3.05. The molecule has 1 aromatic carbocycles. The highest BCUT2D eigenvalue weighted by molar-refractivity contribution is 5.34. The molecule has 0 amide bonds. The Morgan fingerprint density at radius 1 is 1.35 bits per heavy atom. The third-order valence-corrected chi connectivity index (χ3v) is 3.56. The molecule has 0 aliphatic heterocycles. The van der Waals surface area contributed by atoms with Crippen LogP contribution in [0.5, 0.6) is 5.75 Å². The van der Waals surface area contributed by atoms with Crippen molar-refractivity contribution in [2.45, 2.75) is 18.9 Å². The molecule has 0 aromatic heterocycles. The van der Waals surface area contributed by atoms with E-state index in [1.807, 2.05) is 0 Å². The highest BCUT2D eigenvalue weighted by atomic mass is 19.1. The van der Waals surface area contributed by atoms with Crippen molar-refractivity contribution in [3.63, 3.8) is 0 Å². The number of rotatable bonds is 4. The molecule has 5 heteroatoms. The van der Waals surface area contributed by atoms with Gasteiger partial charge < -0.3 is 16.2 Å². The predicted molar refractivity (Wildman–Crippen MR) is 60.6 cm³/mol. The summed E-state index contributed by atoms with van der Waals surface area (Å²) >= 11 is 0. The van der Waals surface area contributed by atoms with Crippen molar-refractivity contribution in [1.82, 2.24) is 0 Å². The second-order valence-electron chi connectivity index (χ2n) is 4.55. The van der Waals surface area contributed by atoms with Crippen LogP contribution < -0.4 is 16.2 Å². The van der Waals surface area contributed by atoms with Crippen LogP contribution in [0.25, 0.3) is 0 Å². The molecule has 1 unspecified atom stereocenters. The quantitative estimate of drug-likeness (QED) is 0.845. The molecule has 0 radical (unpaired) electrons. The molecule has 1 aromatic rings. The number of nitrogens with two attached hydrogens (primary N) is 2. The second kappa shape index (κ2) is 4.23. The van der Waals surface area contributed by atoms with Crippen LogP contribution in [-0.2, 0) is 0 Å². The number of benzene rings is 1. The fourth-order valence-corrected chi connectivity index (χ4v) is 2.07. The number of halogens is 2. The van der Waals surface area contributed by atoms with Gasteiger partial charge >= 0.3 is 0 Å². The molecule has 1 aliphatic carbocycles. The molecule has 0 heterocycles. The molecule has 4 N–H and O–H groups in total. The maximum absolute atomic E-state index is 13.8. The van der Waals surface area contributed by atoms with Gasteiger partial charge in [0.05, 0.1) is 7.11 Å². The standard InChI is InChI=1S/C12H16F2N2O/c1-17-10-5-8(13)7(4-9(10)14)11(16)12(6-15)2-3-12/h4-5,11H,2-3,6,15-16H2,1H3. The van der Waals surface area contributed by atoms with Gasteiger partial charge in [0.25, 0.3) is 0 Å². The fraction of sp³-hybridized carbons (Fsp3) is 0.500. The summed E-state index contributed by atoms with van der Waals surface area (Å²) in [5.74, 6) is -1.27. The lowest BCUT2D eigenvalue weighted by atomic mass is 9.90. The van der Waals surface area contributed by atoms with E-state index < -0.39 is 17.7 Å². The molecule has 0 bridgehead atoms. The normalized spacial score (nSPS) is 18.9. The van der Waals surface area contributed by atoms with Gasteiger partial charge in [0.1, 0.15) is 5.82 Å². The summed E-state index contributed by atoms with van der Waals surface area (Å²) in [7, 11) is 1.29. The monoisotopic (exact) mass is 242 g/mol. The smallest absolute Gasteiger partial charge is 0.165 e. The maximum Gasteiger partial charge on any atom is 0.165 e. The summed E-state index contributed by atoms with van der Waals surface area (Å²) in [6, 6.07) is 1.57. The highest BCUT2D eigenvalue weighted by Gasteiger charge is 2.48. The van der Waals surface area contributed by atoms with Crippen molar-refractivity contribution in [3.05, 3.63) is 29.3 Å². The Balaban J connectivity index is 2.36. The third-order valence-electron chi connectivity index (χ3n) is 3.56. The van der Waals surface area contributed by atoms with Crippen LogP contribution in [0.2, 0.25) is 0 Å². The minimum atomic E-state index is -0.604. The van der Waals surface area contributed by atoms with Crippen LogP contribution >= 0.6 is 0 Å². The zero-order chi connectivity index (χ0) is 12.6. The van der Waals surface area contributed by atoms with E-state index >= 15 is 0 Å². The van der Waals surface area contributed by atoms with Crippen LogP contribution in [0.15, 0.2) is 12.1 Å². The van der Waals surface area contributed by atoms with Crippen LogP contribution in [0.3, 0.4) is 0 Å². The Bertz CT molecular complexity index is 433. The van der Waals surface area contributed by atoms with Gasteiger partial charge in [-0.2, -0.15) is 0 Å². The van der Waals surface area contributed by atoms with E-state index in [-0.39, 0.29) is 16.7 Å². The molecule has 0 spiro atoms. The molecule has 1 aliphatic rings. The van der Waals surface area contributed by atoms with Crippen LogP contribution in [-0.4, -0.2) is 13.7 Å². The average molecular weight is 242 g/mol. The zero-order valence-electron chi connectivity index (χ0n) is 9.67. The average Bonchev–Trinajstić information content (AvgIpc) is 3.11. The van der Waals surface area contributed by atoms with Gasteiger partial charge in [0.15, 0.2) is 11.6 Å². The van der Waals surface area contributed by atoms with Gasteiger partial charge in [-0.05, 0) is 25.5 Å². The first-order valence-corrected chi connectivity index (χ1v) is 5.52. The summed E-state index contributed by atoms with van der Waals surface area (Å²) in [6.45, 7) is 0.390. The first kappa shape index (κ1) is 12.3. The van der Waals surface area contributed by atoms with E-state index in [9.17, 15) is 8.78 Å². The van der Waals surface area contributed by atoms with Crippen LogP contribution in [0, 0.1) is 17.0 Å². The summed E-state index contributed by atoms with van der Waals surface area (Å²) in [6.07, 6.45) is 1.72. The molecule has 2 rings (SSSR count). The summed E-state index contributed by atoms with van der Waals surface area (Å²) < 4.78 is 32.0. The lowest BCUT2D eigenvalue weighted by Crippen LogP contribution is -2.30. The first-order valence-electron chi connectivity index (χ1n) is 5.52. The molecule has 3 nitrogen and oxygen atoms in total. The Morgan fingerprint density at radius 2 is 2.00 bits per heavy atom. The van der Waals surface area contributed by atoms with E-state index in [1.54, 1.807) is 0 Å². The maximum atomic E-state index is 13.8. The van der Waals surface area contributed by atoms with Gasteiger partial charge in [-0.25, -0.2) is 8.78 Å². The lowest BCUT2D eigenvalue weighted by Gasteiger charge is -2.22. The van der Waals surface area contributed by atoms with Crippen molar-refractivity contribution >= 4 is 0 Å². The molecule has 1 saturated carbocycles. The predicted octanol–water partition coefficient (Wildman–Crippen LogP) is 1.71.